The second-order valence-corrected chi connectivity index (χ2v) is 3.66. The van der Waals surface area contributed by atoms with E-state index in [1.807, 2.05) is 0 Å². The summed E-state index contributed by atoms with van der Waals surface area (Å²) in [6, 6.07) is -0.0826. The zero-order valence-electron chi connectivity index (χ0n) is 9.42. The van der Waals surface area contributed by atoms with Crippen LogP contribution in [-0.2, 0) is 6.54 Å². The minimum atomic E-state index is -1.22. The fourth-order valence-corrected chi connectivity index (χ4v) is 1.42. The van der Waals surface area contributed by atoms with Crippen LogP contribution >= 0.6 is 0 Å². The number of hydrogen-bond acceptors (Lipinski definition) is 8. The molecule has 8 nitrogen and oxygen atoms in total. The predicted octanol–water partition coefficient (Wildman–Crippen LogP) is -1.73. The van der Waals surface area contributed by atoms with Crippen molar-refractivity contribution in [1.29, 1.82) is 0 Å². The third-order valence-electron chi connectivity index (χ3n) is 2.42. The van der Waals surface area contributed by atoms with Gasteiger partial charge < -0.3 is 26.2 Å². The molecule has 0 bridgehead atoms. The van der Waals surface area contributed by atoms with Gasteiger partial charge in [-0.3, -0.25) is 16.1 Å². The van der Waals surface area contributed by atoms with Gasteiger partial charge in [0.2, 0.25) is 5.75 Å². The summed E-state index contributed by atoms with van der Waals surface area (Å²) in [5.74, 6) is 2.10. The summed E-state index contributed by atoms with van der Waals surface area (Å²) in [5, 5.41) is 37.3. The Kier molecular flexibility index (Phi) is 4.45. The van der Waals surface area contributed by atoms with Gasteiger partial charge in [-0.25, -0.2) is 0 Å². The fraction of sp³-hybridized carbons (Fsp3) is 0.300. The number of nitrogens with two attached hydrogens (primary N) is 2. The van der Waals surface area contributed by atoms with E-state index in [1.54, 1.807) is 0 Å². The standard InChI is InChI=1S/C10H15N3O5/c11-6(3-14)8(16)5-1-4(2-13-12)7(15)10(18)9(5)17/h1,6,13-15,17-18H,2-3,11-12H2. The second kappa shape index (κ2) is 5.65. The highest BCUT2D eigenvalue weighted by molar-refractivity contribution is 6.03. The van der Waals surface area contributed by atoms with Crippen molar-refractivity contribution in [3.8, 4) is 17.2 Å². The molecule has 0 spiro atoms. The van der Waals surface area contributed by atoms with Crippen LogP contribution in [0.15, 0.2) is 6.07 Å². The van der Waals surface area contributed by atoms with Gasteiger partial charge in [-0.15, -0.1) is 0 Å². The Labute approximate surface area is 102 Å². The van der Waals surface area contributed by atoms with E-state index >= 15 is 0 Å². The summed E-state index contributed by atoms with van der Waals surface area (Å²) in [7, 11) is 0. The van der Waals surface area contributed by atoms with Crippen LogP contribution in [0.3, 0.4) is 0 Å². The molecule has 0 radical (unpaired) electrons. The summed E-state index contributed by atoms with van der Waals surface area (Å²) in [5.41, 5.74) is 7.39. The maximum Gasteiger partial charge on any atom is 0.201 e. The minimum absolute atomic E-state index is 0.0334. The summed E-state index contributed by atoms with van der Waals surface area (Å²) in [4.78, 5) is 11.7. The molecule has 1 unspecified atom stereocenters. The first kappa shape index (κ1) is 14.2. The number of Topliss-reactive ketones (excluding diaryl/α,β-unsaturated/α-hetero) is 1. The summed E-state index contributed by atoms with van der Waals surface area (Å²) >= 11 is 0. The normalized spacial score (nSPS) is 12.4. The van der Waals surface area contributed by atoms with Crippen LogP contribution < -0.4 is 17.0 Å². The lowest BCUT2D eigenvalue weighted by Crippen LogP contribution is -2.34. The van der Waals surface area contributed by atoms with Gasteiger partial charge in [-0.05, 0) is 6.07 Å². The van der Waals surface area contributed by atoms with E-state index in [4.69, 9.17) is 16.7 Å². The molecule has 18 heavy (non-hydrogen) atoms. The number of aliphatic hydroxyl groups excluding tert-OH is 1. The number of nitrogens with one attached hydrogen (secondary N) is 1. The zero-order chi connectivity index (χ0) is 13.9. The van der Waals surface area contributed by atoms with Gasteiger partial charge in [0.25, 0.3) is 0 Å². The molecule has 0 aromatic heterocycles. The average molecular weight is 257 g/mol. The Bertz CT molecular complexity index is 463. The zero-order valence-corrected chi connectivity index (χ0v) is 9.42. The van der Waals surface area contributed by atoms with E-state index in [0.717, 1.165) is 6.07 Å². The molecule has 0 aliphatic heterocycles. The SMILES string of the molecule is NNCc1cc(C(=O)C(N)CO)c(O)c(O)c1O. The van der Waals surface area contributed by atoms with Crippen LogP contribution in [0.1, 0.15) is 15.9 Å². The number of hydrogen-bond donors (Lipinski definition) is 7. The van der Waals surface area contributed by atoms with Gasteiger partial charge in [0.05, 0.1) is 18.2 Å². The summed E-state index contributed by atoms with van der Waals surface area (Å²) in [6.07, 6.45) is 0. The summed E-state index contributed by atoms with van der Waals surface area (Å²) in [6.45, 7) is -0.640. The van der Waals surface area contributed by atoms with Crippen molar-refractivity contribution < 1.29 is 25.2 Å². The molecule has 1 aromatic rings. The molecule has 0 amide bonds. The van der Waals surface area contributed by atoms with Crippen LogP contribution in [0.4, 0.5) is 0 Å². The highest BCUT2D eigenvalue weighted by atomic mass is 16.3. The van der Waals surface area contributed by atoms with E-state index in [-0.39, 0.29) is 17.7 Å². The van der Waals surface area contributed by atoms with Crippen molar-refractivity contribution in [2.24, 2.45) is 11.6 Å². The van der Waals surface area contributed by atoms with E-state index in [2.05, 4.69) is 5.43 Å². The molecule has 0 saturated carbocycles. The maximum atomic E-state index is 11.7. The Balaban J connectivity index is 3.32. The third kappa shape index (κ3) is 2.51. The predicted molar refractivity (Wildman–Crippen MR) is 61.9 cm³/mol. The fourth-order valence-electron chi connectivity index (χ4n) is 1.42. The van der Waals surface area contributed by atoms with Gasteiger partial charge in [-0.1, -0.05) is 0 Å². The summed E-state index contributed by atoms with van der Waals surface area (Å²) < 4.78 is 0. The molecule has 0 aliphatic carbocycles. The smallest absolute Gasteiger partial charge is 0.201 e. The minimum Gasteiger partial charge on any atom is -0.504 e. The number of aromatic hydroxyl groups is 3. The van der Waals surface area contributed by atoms with Crippen molar-refractivity contribution in [1.82, 2.24) is 5.43 Å². The first-order chi connectivity index (χ1) is 8.43. The highest BCUT2D eigenvalue weighted by Gasteiger charge is 2.24. The van der Waals surface area contributed by atoms with Crippen LogP contribution in [0.5, 0.6) is 17.2 Å². The van der Waals surface area contributed by atoms with Gasteiger partial charge >= 0.3 is 0 Å². The second-order valence-electron chi connectivity index (χ2n) is 3.66. The monoisotopic (exact) mass is 257 g/mol. The van der Waals surface area contributed by atoms with E-state index in [1.165, 1.54) is 0 Å². The van der Waals surface area contributed by atoms with Crippen molar-refractivity contribution in [2.75, 3.05) is 6.61 Å². The molecule has 9 N–H and O–H groups in total. The Morgan fingerprint density at radius 3 is 2.39 bits per heavy atom. The lowest BCUT2D eigenvalue weighted by atomic mass is 10.00. The quantitative estimate of drug-likeness (QED) is 0.142. The van der Waals surface area contributed by atoms with Crippen LogP contribution in [0, 0.1) is 0 Å². The molecule has 1 rings (SSSR count). The van der Waals surface area contributed by atoms with Gasteiger partial charge in [0, 0.05) is 12.1 Å². The van der Waals surface area contributed by atoms with Crippen molar-refractivity contribution in [2.45, 2.75) is 12.6 Å². The molecule has 1 atom stereocenters. The Hall–Kier alpha value is -1.87. The van der Waals surface area contributed by atoms with Crippen molar-refractivity contribution in [3.05, 3.63) is 17.2 Å². The molecular weight excluding hydrogens is 242 g/mol. The number of phenols is 3. The number of hydrazine groups is 1. The number of phenolic OH excluding ortho intramolecular Hbond substituents is 3. The van der Waals surface area contributed by atoms with Crippen LogP contribution in [0.2, 0.25) is 0 Å². The number of rotatable bonds is 5. The van der Waals surface area contributed by atoms with Crippen molar-refractivity contribution >= 4 is 5.78 Å². The lowest BCUT2D eigenvalue weighted by Gasteiger charge is -2.13. The molecule has 0 heterocycles. The topological polar surface area (TPSA) is 162 Å². The number of aliphatic hydroxyl groups is 1. The number of ketones is 1. The highest BCUT2D eigenvalue weighted by Crippen LogP contribution is 2.40. The van der Waals surface area contributed by atoms with Crippen LogP contribution in [-0.4, -0.2) is 38.9 Å². The Morgan fingerprint density at radius 1 is 1.28 bits per heavy atom. The van der Waals surface area contributed by atoms with Crippen LogP contribution in [0.25, 0.3) is 0 Å². The third-order valence-corrected chi connectivity index (χ3v) is 2.42. The van der Waals surface area contributed by atoms with E-state index in [9.17, 15) is 20.1 Å². The van der Waals surface area contributed by atoms with Gasteiger partial charge in [0.1, 0.15) is 0 Å². The van der Waals surface area contributed by atoms with Gasteiger partial charge in [-0.2, -0.15) is 0 Å². The molecular formula is C10H15N3O5. The van der Waals surface area contributed by atoms with Gasteiger partial charge in [0.15, 0.2) is 17.3 Å². The average Bonchev–Trinajstić information content (AvgIpc) is 2.37. The number of carbonyl (C=O) groups excluding carboxylic acids is 1. The molecule has 8 heteroatoms. The lowest BCUT2D eigenvalue weighted by molar-refractivity contribution is 0.0922. The van der Waals surface area contributed by atoms with E-state index in [0.29, 0.717) is 0 Å². The first-order valence-electron chi connectivity index (χ1n) is 5.04. The molecule has 0 aliphatic rings. The number of benzene rings is 1. The molecule has 0 fully saturated rings. The maximum absolute atomic E-state index is 11.7. The number of carbonyl (C=O) groups is 1. The molecule has 100 valence electrons. The molecule has 0 saturated heterocycles. The first-order valence-corrected chi connectivity index (χ1v) is 5.04. The largest absolute Gasteiger partial charge is 0.504 e. The molecule has 1 aromatic carbocycles. The van der Waals surface area contributed by atoms with E-state index < -0.39 is 35.7 Å². The Morgan fingerprint density at radius 2 is 1.89 bits per heavy atom. The van der Waals surface area contributed by atoms with Crippen molar-refractivity contribution in [3.63, 3.8) is 0 Å².